The summed E-state index contributed by atoms with van der Waals surface area (Å²) >= 11 is 5.11. The smallest absolute Gasteiger partial charge is 0.330 e. The van der Waals surface area contributed by atoms with Crippen LogP contribution in [0.1, 0.15) is 122 Å². The van der Waals surface area contributed by atoms with Gasteiger partial charge in [-0.15, -0.1) is 0 Å². The first-order valence-electron chi connectivity index (χ1n) is 17.9. The van der Waals surface area contributed by atoms with Gasteiger partial charge in [0.05, 0.1) is 6.61 Å². The minimum atomic E-state index is -3.56. The van der Waals surface area contributed by atoms with E-state index in [0.717, 1.165) is 32.1 Å². The zero-order valence-electron chi connectivity index (χ0n) is 29.4. The molecule has 0 aliphatic carbocycles. The summed E-state index contributed by atoms with van der Waals surface area (Å²) in [6, 6.07) is 1.13. The maximum absolute atomic E-state index is 12.6. The van der Waals surface area contributed by atoms with Crippen molar-refractivity contribution < 1.29 is 28.2 Å². The summed E-state index contributed by atoms with van der Waals surface area (Å²) in [5.41, 5.74) is -1.13. The lowest BCUT2D eigenvalue weighted by Gasteiger charge is -2.26. The fraction of sp³-hybridized carbons (Fsp3) is 0.794. The van der Waals surface area contributed by atoms with Crippen molar-refractivity contribution in [3.05, 3.63) is 45.3 Å². The molecule has 1 saturated heterocycles. The average molecular weight is 717 g/mol. The number of unbranched alkanes of at least 4 members (excludes halogenated alkanes) is 14. The number of hydrogen-bond donors (Lipinski definition) is 4. The molecule has 12 nitrogen and oxygen atoms in total. The van der Waals surface area contributed by atoms with Crippen LogP contribution in [0, 0.1) is 5.92 Å². The number of ether oxygens (including phenoxy) is 2. The van der Waals surface area contributed by atoms with Crippen LogP contribution in [-0.2, 0) is 30.3 Å². The van der Waals surface area contributed by atoms with Crippen LogP contribution in [0.4, 0.5) is 4.79 Å². The first kappa shape index (κ1) is 42.3. The van der Waals surface area contributed by atoms with Gasteiger partial charge in [-0.1, -0.05) is 96.1 Å². The molecule has 1 aromatic heterocycles. The van der Waals surface area contributed by atoms with Crippen molar-refractivity contribution in [2.75, 3.05) is 33.9 Å². The van der Waals surface area contributed by atoms with Crippen LogP contribution in [0.15, 0.2) is 34.0 Å². The molecule has 0 spiro atoms. The van der Waals surface area contributed by atoms with Gasteiger partial charge < -0.3 is 34.0 Å². The summed E-state index contributed by atoms with van der Waals surface area (Å²) in [6.45, 7) is 0.138. The van der Waals surface area contributed by atoms with Crippen molar-refractivity contribution >= 4 is 24.6 Å². The van der Waals surface area contributed by atoms with Crippen LogP contribution < -0.4 is 21.9 Å². The summed E-state index contributed by atoms with van der Waals surface area (Å²) in [7, 11) is 2.79. The molecule has 0 saturated carbocycles. The Morgan fingerprint density at radius 2 is 1.54 bits per heavy atom. The Bertz CT molecular complexity index is 1210. The lowest BCUT2D eigenvalue weighted by Crippen LogP contribution is -2.36. The number of aromatic nitrogens is 2. The third-order valence-electron chi connectivity index (χ3n) is 8.63. The van der Waals surface area contributed by atoms with Crippen LogP contribution in [0.3, 0.4) is 0 Å². The lowest BCUT2D eigenvalue weighted by atomic mass is 9.95. The van der Waals surface area contributed by atoms with Gasteiger partial charge in [-0.05, 0) is 43.9 Å². The van der Waals surface area contributed by atoms with E-state index in [2.05, 4.69) is 22.5 Å². The number of urea groups is 1. The number of aromatic amines is 1. The van der Waals surface area contributed by atoms with Gasteiger partial charge in [-0.2, -0.15) is 0 Å². The molecule has 2 amide bonds. The molecule has 2 unspecified atom stereocenters. The zero-order valence-corrected chi connectivity index (χ0v) is 31.1. The quantitative estimate of drug-likeness (QED) is 0.0457. The van der Waals surface area contributed by atoms with Crippen LogP contribution >= 0.6 is 6.72 Å². The second-order valence-corrected chi connectivity index (χ2v) is 15.4. The van der Waals surface area contributed by atoms with Crippen molar-refractivity contribution in [2.45, 2.75) is 135 Å². The van der Waals surface area contributed by atoms with Gasteiger partial charge in [0.2, 0.25) is 0 Å². The molecule has 1 fully saturated rings. The van der Waals surface area contributed by atoms with Crippen LogP contribution in [0.2, 0.25) is 0 Å². The fourth-order valence-corrected chi connectivity index (χ4v) is 6.94. The van der Waals surface area contributed by atoms with E-state index >= 15 is 0 Å². The monoisotopic (exact) mass is 716 g/mol. The molecule has 2 rings (SSSR count). The number of carbonyl (C=O) groups is 1. The first-order valence-corrected chi connectivity index (χ1v) is 20.5. The summed E-state index contributed by atoms with van der Waals surface area (Å²) in [5.74, 6) is -0.435. The first-order chi connectivity index (χ1) is 23.2. The number of amides is 2. The van der Waals surface area contributed by atoms with Gasteiger partial charge in [0.1, 0.15) is 18.4 Å². The molecule has 0 radical (unpaired) electrons. The Kier molecular flexibility index (Phi) is 22.2. The number of allylic oxidation sites excluding steroid dienone is 2. The second kappa shape index (κ2) is 25.1. The largest absolute Gasteiger partial charge is 0.382 e. The number of methoxy groups -OCH3 is 1. The maximum Gasteiger partial charge on any atom is 0.330 e. The van der Waals surface area contributed by atoms with Crippen molar-refractivity contribution in [1.29, 1.82) is 0 Å². The van der Waals surface area contributed by atoms with E-state index in [9.17, 15) is 19.3 Å². The van der Waals surface area contributed by atoms with Gasteiger partial charge in [0, 0.05) is 45.5 Å². The molecule has 1 aliphatic rings. The third-order valence-corrected chi connectivity index (χ3v) is 10.3. The Morgan fingerprint density at radius 1 is 0.958 bits per heavy atom. The highest BCUT2D eigenvalue weighted by atomic mass is 32.5. The zero-order chi connectivity index (χ0) is 35.0. The Morgan fingerprint density at radius 3 is 2.10 bits per heavy atom. The number of carbonyl (C=O) groups excluding carboxylic acids is 1. The molecule has 1 aromatic rings. The maximum atomic E-state index is 12.6. The molecule has 2 heterocycles. The molecule has 4 N–H and O–H groups in total. The standard InChI is InChI=1S/C34H61N4O8PS/c1-4-5-6-7-8-9-10-11-12-13-14-17-20-24-35-33(40)36-25-21-18-15-16-19-22-28-31(46-47(42,48)44-3)29(27-43-2)45-32(28)38-26-23-30(39)37-34(38)41/h16,19,23,26,28-29,31-32H,4-15,17-18,20-22,24-25,27H2,1-3H3,(H,42,48)(H2,35,36,40)(H,37,39,41)/b19-16+/t28-,29+,31?,32+,47?/m0/s1. The van der Waals surface area contributed by atoms with Crippen molar-refractivity contribution in [2.24, 2.45) is 5.92 Å². The number of rotatable bonds is 27. The molecule has 0 bridgehead atoms. The van der Waals surface area contributed by atoms with Gasteiger partial charge in [0.25, 0.3) is 5.56 Å². The van der Waals surface area contributed by atoms with E-state index in [-0.39, 0.29) is 12.6 Å². The number of H-pyrrole nitrogens is 1. The van der Waals surface area contributed by atoms with E-state index in [0.29, 0.717) is 19.5 Å². The van der Waals surface area contributed by atoms with Gasteiger partial charge in [-0.25, -0.2) is 9.59 Å². The second-order valence-electron chi connectivity index (χ2n) is 12.6. The molecule has 0 aromatic carbocycles. The van der Waals surface area contributed by atoms with E-state index in [4.69, 9.17) is 30.3 Å². The highest BCUT2D eigenvalue weighted by molar-refractivity contribution is 8.07. The van der Waals surface area contributed by atoms with Gasteiger partial charge in [0.15, 0.2) is 0 Å². The topological polar surface area (TPSA) is 153 Å². The van der Waals surface area contributed by atoms with Gasteiger partial charge >= 0.3 is 18.4 Å². The molecule has 5 atom stereocenters. The van der Waals surface area contributed by atoms with Crippen molar-refractivity contribution in [3.63, 3.8) is 0 Å². The number of hydrogen-bond acceptors (Lipinski definition) is 8. The Hall–Kier alpha value is -1.86. The molecule has 1 aliphatic heterocycles. The predicted molar refractivity (Wildman–Crippen MR) is 194 cm³/mol. The minimum absolute atomic E-state index is 0.119. The Labute approximate surface area is 292 Å². The summed E-state index contributed by atoms with van der Waals surface area (Å²) in [5, 5.41) is 5.88. The normalized spacial score (nSPS) is 20.7. The van der Waals surface area contributed by atoms with Gasteiger partial charge in [-0.3, -0.25) is 14.3 Å². The van der Waals surface area contributed by atoms with Crippen LogP contribution in [0.5, 0.6) is 0 Å². The number of nitrogens with zero attached hydrogens (tertiary/aromatic N) is 1. The third kappa shape index (κ3) is 17.2. The van der Waals surface area contributed by atoms with Crippen LogP contribution in [-0.4, -0.2) is 66.6 Å². The van der Waals surface area contributed by atoms with E-state index in [1.54, 1.807) is 0 Å². The lowest BCUT2D eigenvalue weighted by molar-refractivity contribution is -0.0547. The predicted octanol–water partition coefficient (Wildman–Crippen LogP) is 6.45. The Balaban J connectivity index is 1.65. The molecule has 276 valence electrons. The summed E-state index contributed by atoms with van der Waals surface area (Å²) in [4.78, 5) is 49.0. The highest BCUT2D eigenvalue weighted by Crippen LogP contribution is 2.50. The van der Waals surface area contributed by atoms with E-state index in [1.807, 2.05) is 12.2 Å². The SMILES string of the molecule is CCCCCCCCCCCCCCCNC(=O)NCCCC/C=C/C[C@H]1C(OP(O)(=S)OC)[C@@H](COC)O[C@H]1n1ccc(=O)[nH]c1=O. The van der Waals surface area contributed by atoms with Crippen molar-refractivity contribution in [3.8, 4) is 0 Å². The minimum Gasteiger partial charge on any atom is -0.382 e. The molecular formula is C34H61N4O8PS. The molecule has 14 heteroatoms. The summed E-state index contributed by atoms with van der Waals surface area (Å²) in [6.07, 6.45) is 23.2. The highest BCUT2D eigenvalue weighted by Gasteiger charge is 2.48. The number of nitrogens with one attached hydrogen (secondary N) is 3. The average Bonchev–Trinajstić information content (AvgIpc) is 3.37. The fourth-order valence-electron chi connectivity index (χ4n) is 5.95. The summed E-state index contributed by atoms with van der Waals surface area (Å²) < 4.78 is 23.6. The van der Waals surface area contributed by atoms with E-state index < -0.39 is 42.3 Å². The molecular weight excluding hydrogens is 655 g/mol. The molecule has 48 heavy (non-hydrogen) atoms. The van der Waals surface area contributed by atoms with E-state index in [1.165, 1.54) is 102 Å². The van der Waals surface area contributed by atoms with Crippen molar-refractivity contribution in [1.82, 2.24) is 20.2 Å². The van der Waals surface area contributed by atoms with Crippen LogP contribution in [0.25, 0.3) is 0 Å².